The molecule has 1 saturated heterocycles. The molecule has 0 amide bonds. The van der Waals surface area contributed by atoms with Gasteiger partial charge in [-0.25, -0.2) is 0 Å². The van der Waals surface area contributed by atoms with Crippen LogP contribution in [0.15, 0.2) is 0 Å². The van der Waals surface area contributed by atoms with E-state index in [9.17, 15) is 23.4 Å². The minimum Gasteiger partial charge on any atom is -0.389 e. The second-order valence-electron chi connectivity index (χ2n) is 7.01. The first-order valence-electron chi connectivity index (χ1n) is 7.89. The lowest BCUT2D eigenvalue weighted by Crippen LogP contribution is -2.49. The summed E-state index contributed by atoms with van der Waals surface area (Å²) in [7, 11) is 0. The predicted octanol–water partition coefficient (Wildman–Crippen LogP) is 2.56. The van der Waals surface area contributed by atoms with Crippen LogP contribution in [-0.2, 0) is 0 Å². The Morgan fingerprint density at radius 3 is 2.14 bits per heavy atom. The van der Waals surface area contributed by atoms with Crippen molar-refractivity contribution >= 4 is 0 Å². The Kier molecular flexibility index (Phi) is 5.21. The van der Waals surface area contributed by atoms with Gasteiger partial charge in [0.2, 0.25) is 0 Å². The number of halogens is 3. The first-order valence-corrected chi connectivity index (χ1v) is 7.89. The minimum atomic E-state index is -4.52. The lowest BCUT2D eigenvalue weighted by Gasteiger charge is -2.41. The third kappa shape index (κ3) is 4.57. The predicted molar refractivity (Wildman–Crippen MR) is 73.8 cm³/mol. The Hall–Kier alpha value is -0.330. The third-order valence-electron chi connectivity index (χ3n) is 5.14. The maximum absolute atomic E-state index is 12.5. The molecule has 0 aromatic rings. The molecule has 124 valence electrons. The SMILES string of the molecule is CC1CCC(O)(CN2CCC(C(O)C(F)(F)F)CC2)CC1. The van der Waals surface area contributed by atoms with Crippen molar-refractivity contribution in [2.24, 2.45) is 11.8 Å². The maximum Gasteiger partial charge on any atom is 0.414 e. The van der Waals surface area contributed by atoms with Crippen molar-refractivity contribution in [1.29, 1.82) is 0 Å². The molecule has 1 atom stereocenters. The molecule has 2 rings (SSSR count). The van der Waals surface area contributed by atoms with E-state index in [2.05, 4.69) is 11.8 Å². The molecule has 1 heterocycles. The maximum atomic E-state index is 12.5. The Bertz CT molecular complexity index is 332. The zero-order chi connectivity index (χ0) is 15.7. The van der Waals surface area contributed by atoms with Crippen LogP contribution in [0.4, 0.5) is 13.2 Å². The van der Waals surface area contributed by atoms with Gasteiger partial charge in [0, 0.05) is 6.54 Å². The van der Waals surface area contributed by atoms with Gasteiger partial charge in [0.05, 0.1) is 5.60 Å². The van der Waals surface area contributed by atoms with E-state index >= 15 is 0 Å². The molecule has 2 aliphatic rings. The molecule has 3 nitrogen and oxygen atoms in total. The quantitative estimate of drug-likeness (QED) is 0.842. The van der Waals surface area contributed by atoms with Crippen molar-refractivity contribution in [3.05, 3.63) is 0 Å². The van der Waals surface area contributed by atoms with Crippen LogP contribution in [-0.4, -0.2) is 52.6 Å². The molecule has 0 radical (unpaired) electrons. The molecule has 1 aliphatic carbocycles. The van der Waals surface area contributed by atoms with Gasteiger partial charge < -0.3 is 15.1 Å². The molecule has 0 spiro atoms. The summed E-state index contributed by atoms with van der Waals surface area (Å²) in [5.74, 6) is -0.0554. The van der Waals surface area contributed by atoms with E-state index in [-0.39, 0.29) is 0 Å². The molecule has 6 heteroatoms. The molecule has 2 fully saturated rings. The van der Waals surface area contributed by atoms with Crippen molar-refractivity contribution in [3.8, 4) is 0 Å². The van der Waals surface area contributed by atoms with Gasteiger partial charge in [-0.2, -0.15) is 13.2 Å². The van der Waals surface area contributed by atoms with Crippen molar-refractivity contribution in [1.82, 2.24) is 4.90 Å². The molecule has 0 aromatic heterocycles. The van der Waals surface area contributed by atoms with Crippen LogP contribution in [0.25, 0.3) is 0 Å². The molecular formula is C15H26F3NO2. The van der Waals surface area contributed by atoms with Crippen LogP contribution in [0.2, 0.25) is 0 Å². The highest BCUT2D eigenvalue weighted by Gasteiger charge is 2.44. The Morgan fingerprint density at radius 2 is 1.67 bits per heavy atom. The van der Waals surface area contributed by atoms with Crippen LogP contribution in [0.3, 0.4) is 0 Å². The Morgan fingerprint density at radius 1 is 1.14 bits per heavy atom. The summed E-state index contributed by atoms with van der Waals surface area (Å²) in [5.41, 5.74) is -0.679. The first kappa shape index (κ1) is 17.0. The van der Waals surface area contributed by atoms with E-state index in [4.69, 9.17) is 0 Å². The van der Waals surface area contributed by atoms with Crippen molar-refractivity contribution in [2.45, 2.75) is 63.3 Å². The zero-order valence-electron chi connectivity index (χ0n) is 12.6. The van der Waals surface area contributed by atoms with Gasteiger partial charge in [-0.3, -0.25) is 0 Å². The van der Waals surface area contributed by atoms with Crippen LogP contribution >= 0.6 is 0 Å². The zero-order valence-corrected chi connectivity index (χ0v) is 12.6. The topological polar surface area (TPSA) is 43.7 Å². The molecule has 0 bridgehead atoms. The number of aliphatic hydroxyl groups excluding tert-OH is 1. The number of likely N-dealkylation sites (tertiary alicyclic amines) is 1. The van der Waals surface area contributed by atoms with E-state index in [1.54, 1.807) is 0 Å². The summed E-state index contributed by atoms with van der Waals surface area (Å²) in [6.45, 7) is 3.78. The number of rotatable bonds is 3. The monoisotopic (exact) mass is 309 g/mol. The summed E-state index contributed by atoms with van der Waals surface area (Å²) in [5, 5.41) is 19.9. The third-order valence-corrected chi connectivity index (χ3v) is 5.14. The van der Waals surface area contributed by atoms with Gasteiger partial charge in [0.25, 0.3) is 0 Å². The fourth-order valence-electron chi connectivity index (χ4n) is 3.57. The van der Waals surface area contributed by atoms with E-state index < -0.39 is 23.8 Å². The van der Waals surface area contributed by atoms with Gasteiger partial charge in [-0.1, -0.05) is 6.92 Å². The number of piperidine rings is 1. The second-order valence-corrected chi connectivity index (χ2v) is 7.01. The molecule has 1 saturated carbocycles. The van der Waals surface area contributed by atoms with Crippen molar-refractivity contribution in [3.63, 3.8) is 0 Å². The number of aliphatic hydroxyl groups is 2. The lowest BCUT2D eigenvalue weighted by molar-refractivity contribution is -0.223. The lowest BCUT2D eigenvalue weighted by atomic mass is 9.79. The van der Waals surface area contributed by atoms with Gasteiger partial charge in [-0.05, 0) is 63.5 Å². The van der Waals surface area contributed by atoms with Crippen LogP contribution in [0, 0.1) is 11.8 Å². The number of hydrogen-bond acceptors (Lipinski definition) is 3. The minimum absolute atomic E-state index is 0.340. The first-order chi connectivity index (χ1) is 9.70. The summed E-state index contributed by atoms with van der Waals surface area (Å²) in [6, 6.07) is 0. The van der Waals surface area contributed by atoms with E-state index in [1.807, 2.05) is 0 Å². The smallest absolute Gasteiger partial charge is 0.389 e. The fraction of sp³-hybridized carbons (Fsp3) is 1.00. The van der Waals surface area contributed by atoms with Crippen LogP contribution < -0.4 is 0 Å². The van der Waals surface area contributed by atoms with E-state index in [0.717, 1.165) is 25.7 Å². The molecule has 21 heavy (non-hydrogen) atoms. The van der Waals surface area contributed by atoms with Crippen LogP contribution in [0.5, 0.6) is 0 Å². The van der Waals surface area contributed by atoms with Crippen molar-refractivity contribution in [2.75, 3.05) is 19.6 Å². The van der Waals surface area contributed by atoms with Crippen LogP contribution in [0.1, 0.15) is 45.4 Å². The normalized spacial score (nSPS) is 34.9. The summed E-state index contributed by atoms with van der Waals surface area (Å²) in [4.78, 5) is 2.05. The Balaban J connectivity index is 1.79. The molecular weight excluding hydrogens is 283 g/mol. The largest absolute Gasteiger partial charge is 0.414 e. The number of alkyl halides is 3. The highest BCUT2D eigenvalue weighted by atomic mass is 19.4. The number of nitrogens with zero attached hydrogens (tertiary/aromatic N) is 1. The average Bonchev–Trinajstić information content (AvgIpc) is 2.41. The summed E-state index contributed by atoms with van der Waals surface area (Å²) < 4.78 is 37.5. The fourth-order valence-corrected chi connectivity index (χ4v) is 3.57. The van der Waals surface area contributed by atoms with Gasteiger partial charge in [-0.15, -0.1) is 0 Å². The molecule has 1 unspecified atom stereocenters. The second kappa shape index (κ2) is 6.42. The van der Waals surface area contributed by atoms with Gasteiger partial charge >= 0.3 is 6.18 Å². The highest BCUT2D eigenvalue weighted by molar-refractivity contribution is 4.89. The summed E-state index contributed by atoms with van der Waals surface area (Å²) >= 11 is 0. The number of β-amino-alcohol motifs (C(OH)–C–C–N with tert-alkyl or cyclic N) is 1. The van der Waals surface area contributed by atoms with E-state index in [1.165, 1.54) is 0 Å². The Labute approximate surface area is 124 Å². The standard InChI is InChI=1S/C15H26F3NO2/c1-11-2-6-14(21,7-3-11)10-19-8-4-12(5-9-19)13(20)15(16,17)18/h11-13,20-21H,2-10H2,1H3. The van der Waals surface area contributed by atoms with Gasteiger partial charge in [0.1, 0.15) is 0 Å². The molecule has 0 aromatic carbocycles. The average molecular weight is 309 g/mol. The van der Waals surface area contributed by atoms with Gasteiger partial charge in [0.15, 0.2) is 6.10 Å². The van der Waals surface area contributed by atoms with E-state index in [0.29, 0.717) is 38.4 Å². The molecule has 2 N–H and O–H groups in total. The molecule has 1 aliphatic heterocycles. The highest BCUT2D eigenvalue weighted by Crippen LogP contribution is 2.35. The number of hydrogen-bond donors (Lipinski definition) is 2. The van der Waals surface area contributed by atoms with Crippen molar-refractivity contribution < 1.29 is 23.4 Å². The summed E-state index contributed by atoms with van der Waals surface area (Å²) in [6.07, 6.45) is -2.47.